The standard InChI is InChI=1S/C28H33N3O2/c1-33-24-17-26-25(10-5-11-27(26)30-18-24)28(32)19-31-22-12-13-23(31)16-21(15-22)29-14-6-9-20-7-3-2-4-8-20/h2-11,17-18,21-23,28-29,32H,12-16,19H2,1H3. The van der Waals surface area contributed by atoms with Crippen molar-refractivity contribution in [3.63, 3.8) is 0 Å². The van der Waals surface area contributed by atoms with Gasteiger partial charge in [0.15, 0.2) is 0 Å². The van der Waals surface area contributed by atoms with Crippen molar-refractivity contribution < 1.29 is 9.84 Å². The molecule has 1 aromatic heterocycles. The van der Waals surface area contributed by atoms with Crippen LogP contribution in [-0.4, -0.2) is 53.3 Å². The van der Waals surface area contributed by atoms with Crippen molar-refractivity contribution in [3.05, 3.63) is 78.0 Å². The van der Waals surface area contributed by atoms with Crippen molar-refractivity contribution in [1.82, 2.24) is 15.2 Å². The number of hydrogen-bond acceptors (Lipinski definition) is 5. The van der Waals surface area contributed by atoms with Crippen molar-refractivity contribution in [1.29, 1.82) is 0 Å². The Labute approximate surface area is 196 Å². The zero-order chi connectivity index (χ0) is 22.6. The van der Waals surface area contributed by atoms with E-state index < -0.39 is 6.10 Å². The Morgan fingerprint density at radius 1 is 1.12 bits per heavy atom. The van der Waals surface area contributed by atoms with Gasteiger partial charge in [0.25, 0.3) is 0 Å². The molecule has 2 aliphatic heterocycles. The highest BCUT2D eigenvalue weighted by Crippen LogP contribution is 2.37. The van der Waals surface area contributed by atoms with Crippen LogP contribution in [0.3, 0.4) is 0 Å². The zero-order valence-corrected chi connectivity index (χ0v) is 19.2. The fourth-order valence-electron chi connectivity index (χ4n) is 5.59. The molecule has 3 atom stereocenters. The summed E-state index contributed by atoms with van der Waals surface area (Å²) in [6.07, 6.45) is 10.3. The number of fused-ring (bicyclic) bond motifs is 3. The fraction of sp³-hybridized carbons (Fsp3) is 0.393. The molecule has 0 spiro atoms. The predicted octanol–water partition coefficient (Wildman–Crippen LogP) is 4.58. The fourth-order valence-corrected chi connectivity index (χ4v) is 5.59. The largest absolute Gasteiger partial charge is 0.495 e. The minimum absolute atomic E-state index is 0.538. The molecule has 33 heavy (non-hydrogen) atoms. The highest BCUT2D eigenvalue weighted by Gasteiger charge is 2.41. The van der Waals surface area contributed by atoms with E-state index in [-0.39, 0.29) is 0 Å². The molecule has 5 nitrogen and oxygen atoms in total. The summed E-state index contributed by atoms with van der Waals surface area (Å²) < 4.78 is 5.36. The van der Waals surface area contributed by atoms with Crippen LogP contribution >= 0.6 is 0 Å². The van der Waals surface area contributed by atoms with Gasteiger partial charge in [-0.25, -0.2) is 0 Å². The van der Waals surface area contributed by atoms with Gasteiger partial charge in [0, 0.05) is 36.6 Å². The molecule has 2 fully saturated rings. The number of nitrogens with zero attached hydrogens (tertiary/aromatic N) is 2. The summed E-state index contributed by atoms with van der Waals surface area (Å²) in [5.74, 6) is 0.718. The number of hydrogen-bond donors (Lipinski definition) is 2. The van der Waals surface area contributed by atoms with Crippen LogP contribution in [-0.2, 0) is 0 Å². The molecule has 2 bridgehead atoms. The molecule has 2 aliphatic rings. The van der Waals surface area contributed by atoms with Crippen molar-refractivity contribution in [2.45, 2.75) is 49.9 Å². The van der Waals surface area contributed by atoms with Crippen LogP contribution in [0.5, 0.6) is 5.75 Å². The Morgan fingerprint density at radius 3 is 2.67 bits per heavy atom. The second-order valence-corrected chi connectivity index (χ2v) is 9.28. The van der Waals surface area contributed by atoms with Crippen LogP contribution in [0.1, 0.15) is 42.9 Å². The molecule has 5 heteroatoms. The number of methoxy groups -OCH3 is 1. The number of aromatic nitrogens is 1. The van der Waals surface area contributed by atoms with E-state index >= 15 is 0 Å². The first-order valence-electron chi connectivity index (χ1n) is 12.0. The molecule has 0 saturated carbocycles. The van der Waals surface area contributed by atoms with Gasteiger partial charge in [0.2, 0.25) is 0 Å². The minimum atomic E-state index is -0.538. The number of ether oxygens (including phenoxy) is 1. The summed E-state index contributed by atoms with van der Waals surface area (Å²) in [6, 6.07) is 20.0. The van der Waals surface area contributed by atoms with Gasteiger partial charge in [-0.3, -0.25) is 9.88 Å². The first-order chi connectivity index (χ1) is 16.2. The number of pyridine rings is 1. The van der Waals surface area contributed by atoms with E-state index in [1.165, 1.54) is 18.4 Å². The smallest absolute Gasteiger partial charge is 0.137 e. The quantitative estimate of drug-likeness (QED) is 0.534. The van der Waals surface area contributed by atoms with Crippen molar-refractivity contribution in [2.24, 2.45) is 0 Å². The van der Waals surface area contributed by atoms with Gasteiger partial charge in [0.05, 0.1) is 24.9 Å². The Hall–Kier alpha value is -2.73. The summed E-state index contributed by atoms with van der Waals surface area (Å²) in [5.41, 5.74) is 3.07. The van der Waals surface area contributed by atoms with E-state index in [0.29, 0.717) is 24.7 Å². The highest BCUT2D eigenvalue weighted by molar-refractivity contribution is 5.83. The Kier molecular flexibility index (Phi) is 6.72. The van der Waals surface area contributed by atoms with Crippen LogP contribution in [0.25, 0.3) is 17.0 Å². The lowest BCUT2D eigenvalue weighted by Crippen LogP contribution is -2.50. The molecule has 0 amide bonds. The van der Waals surface area contributed by atoms with Crippen LogP contribution < -0.4 is 10.1 Å². The number of piperidine rings is 1. The van der Waals surface area contributed by atoms with E-state index in [0.717, 1.165) is 41.6 Å². The summed E-state index contributed by atoms with van der Waals surface area (Å²) in [7, 11) is 1.65. The summed E-state index contributed by atoms with van der Waals surface area (Å²) in [4.78, 5) is 7.04. The van der Waals surface area contributed by atoms with Gasteiger partial charge in [-0.2, -0.15) is 0 Å². The Bertz CT molecular complexity index is 1090. The van der Waals surface area contributed by atoms with Crippen LogP contribution in [0.15, 0.2) is 66.9 Å². The topological polar surface area (TPSA) is 57.6 Å². The first kappa shape index (κ1) is 22.1. The third kappa shape index (κ3) is 4.96. The summed E-state index contributed by atoms with van der Waals surface area (Å²) >= 11 is 0. The highest BCUT2D eigenvalue weighted by atomic mass is 16.5. The van der Waals surface area contributed by atoms with E-state index in [9.17, 15) is 5.11 Å². The maximum absolute atomic E-state index is 11.2. The number of nitrogens with one attached hydrogen (secondary N) is 1. The van der Waals surface area contributed by atoms with Gasteiger partial charge < -0.3 is 15.2 Å². The van der Waals surface area contributed by atoms with E-state index in [4.69, 9.17) is 4.74 Å². The van der Waals surface area contributed by atoms with Crippen molar-refractivity contribution in [3.8, 4) is 5.75 Å². The number of rotatable bonds is 8. The molecule has 3 aromatic rings. The number of benzene rings is 2. The van der Waals surface area contributed by atoms with Crippen LogP contribution in [0.2, 0.25) is 0 Å². The molecular weight excluding hydrogens is 410 g/mol. The molecule has 3 heterocycles. The molecule has 2 saturated heterocycles. The van der Waals surface area contributed by atoms with E-state index in [1.807, 2.05) is 30.3 Å². The Balaban J connectivity index is 1.20. The molecule has 2 aromatic carbocycles. The van der Waals surface area contributed by atoms with Crippen molar-refractivity contribution >= 4 is 17.0 Å². The van der Waals surface area contributed by atoms with Gasteiger partial charge in [-0.05, 0) is 48.9 Å². The van der Waals surface area contributed by atoms with Gasteiger partial charge in [-0.1, -0.05) is 54.6 Å². The third-order valence-electron chi connectivity index (χ3n) is 7.23. The first-order valence-corrected chi connectivity index (χ1v) is 12.0. The second kappa shape index (κ2) is 10.0. The lowest BCUT2D eigenvalue weighted by atomic mass is 9.95. The van der Waals surface area contributed by atoms with Crippen molar-refractivity contribution in [2.75, 3.05) is 20.2 Å². The Morgan fingerprint density at radius 2 is 1.91 bits per heavy atom. The molecule has 2 N–H and O–H groups in total. The molecule has 0 aliphatic carbocycles. The second-order valence-electron chi connectivity index (χ2n) is 9.28. The monoisotopic (exact) mass is 443 g/mol. The summed E-state index contributed by atoms with van der Waals surface area (Å²) in [5, 5.41) is 15.9. The van der Waals surface area contributed by atoms with E-state index in [1.54, 1.807) is 13.3 Å². The maximum atomic E-state index is 11.2. The average molecular weight is 444 g/mol. The predicted molar refractivity (Wildman–Crippen MR) is 133 cm³/mol. The van der Waals surface area contributed by atoms with Gasteiger partial charge in [0.1, 0.15) is 5.75 Å². The van der Waals surface area contributed by atoms with Crippen LogP contribution in [0.4, 0.5) is 0 Å². The van der Waals surface area contributed by atoms with Crippen LogP contribution in [0, 0.1) is 0 Å². The molecule has 3 unspecified atom stereocenters. The molecule has 5 rings (SSSR count). The normalized spacial score (nSPS) is 23.9. The molecule has 172 valence electrons. The number of aliphatic hydroxyl groups excluding tert-OH is 1. The third-order valence-corrected chi connectivity index (χ3v) is 7.23. The lowest BCUT2D eigenvalue weighted by Gasteiger charge is -2.40. The average Bonchev–Trinajstić information content (AvgIpc) is 3.08. The number of aliphatic hydroxyl groups is 1. The molecular formula is C28H33N3O2. The van der Waals surface area contributed by atoms with Gasteiger partial charge in [-0.15, -0.1) is 0 Å². The SMILES string of the molecule is COc1cnc2cccc(C(O)CN3C4CCC3CC(NCC=Cc3ccccc3)C4)c2c1. The van der Waals surface area contributed by atoms with E-state index in [2.05, 4.69) is 51.6 Å². The zero-order valence-electron chi connectivity index (χ0n) is 19.2. The molecule has 0 radical (unpaired) electrons. The minimum Gasteiger partial charge on any atom is -0.495 e. The maximum Gasteiger partial charge on any atom is 0.137 e. The summed E-state index contributed by atoms with van der Waals surface area (Å²) in [6.45, 7) is 1.57. The lowest BCUT2D eigenvalue weighted by molar-refractivity contribution is 0.0529. The van der Waals surface area contributed by atoms with Gasteiger partial charge >= 0.3 is 0 Å².